The SMILES string of the molecule is Cc1ccc(C#N)nc1C#N. The molecule has 0 aliphatic rings. The van der Waals surface area contributed by atoms with E-state index in [1.165, 1.54) is 0 Å². The van der Waals surface area contributed by atoms with Crippen LogP contribution in [0.4, 0.5) is 0 Å². The van der Waals surface area contributed by atoms with Gasteiger partial charge in [0.2, 0.25) is 0 Å². The summed E-state index contributed by atoms with van der Waals surface area (Å²) in [6.45, 7) is 1.78. The van der Waals surface area contributed by atoms with E-state index in [9.17, 15) is 0 Å². The molecule has 0 N–H and O–H groups in total. The molecule has 0 saturated heterocycles. The third-order valence-electron chi connectivity index (χ3n) is 1.32. The van der Waals surface area contributed by atoms with E-state index in [1.54, 1.807) is 19.1 Å². The van der Waals surface area contributed by atoms with Gasteiger partial charge in [-0.3, -0.25) is 0 Å². The molecule has 3 heteroatoms. The number of hydrogen-bond donors (Lipinski definition) is 0. The van der Waals surface area contributed by atoms with Crippen LogP contribution >= 0.6 is 0 Å². The van der Waals surface area contributed by atoms with Crippen molar-refractivity contribution in [1.82, 2.24) is 4.98 Å². The van der Waals surface area contributed by atoms with Crippen molar-refractivity contribution in [2.24, 2.45) is 0 Å². The lowest BCUT2D eigenvalue weighted by atomic mass is 10.2. The fraction of sp³-hybridized carbons (Fsp3) is 0.125. The summed E-state index contributed by atoms with van der Waals surface area (Å²) in [6, 6.07) is 7.08. The van der Waals surface area contributed by atoms with Crippen LogP contribution in [-0.4, -0.2) is 4.98 Å². The van der Waals surface area contributed by atoms with Gasteiger partial charge < -0.3 is 0 Å². The van der Waals surface area contributed by atoms with E-state index in [2.05, 4.69) is 4.98 Å². The predicted molar refractivity (Wildman–Crippen MR) is 38.4 cm³/mol. The maximum absolute atomic E-state index is 8.52. The van der Waals surface area contributed by atoms with E-state index in [-0.39, 0.29) is 5.69 Å². The van der Waals surface area contributed by atoms with Crippen LogP contribution in [0.3, 0.4) is 0 Å². The van der Waals surface area contributed by atoms with Crippen molar-refractivity contribution in [3.05, 3.63) is 29.1 Å². The van der Waals surface area contributed by atoms with Gasteiger partial charge in [0.15, 0.2) is 0 Å². The molecule has 1 rings (SSSR count). The van der Waals surface area contributed by atoms with Crippen LogP contribution in [0.25, 0.3) is 0 Å². The minimum absolute atomic E-state index is 0.284. The Morgan fingerprint density at radius 3 is 2.55 bits per heavy atom. The smallest absolute Gasteiger partial charge is 0.144 e. The Morgan fingerprint density at radius 2 is 2.00 bits per heavy atom. The molecule has 0 saturated carbocycles. The molecule has 52 valence electrons. The molecule has 11 heavy (non-hydrogen) atoms. The van der Waals surface area contributed by atoms with E-state index in [0.717, 1.165) is 5.56 Å². The Kier molecular flexibility index (Phi) is 1.85. The number of hydrogen-bond acceptors (Lipinski definition) is 3. The van der Waals surface area contributed by atoms with Crippen molar-refractivity contribution in [3.63, 3.8) is 0 Å². The Labute approximate surface area is 64.5 Å². The summed E-state index contributed by atoms with van der Waals surface area (Å²) in [7, 11) is 0. The van der Waals surface area contributed by atoms with Crippen LogP contribution in [0.5, 0.6) is 0 Å². The summed E-state index contributed by atoms with van der Waals surface area (Å²) in [5.41, 5.74) is 1.41. The van der Waals surface area contributed by atoms with Crippen LogP contribution in [0.2, 0.25) is 0 Å². The number of aromatic nitrogens is 1. The Bertz CT molecular complexity index is 355. The van der Waals surface area contributed by atoms with Crippen LogP contribution in [0.15, 0.2) is 12.1 Å². The van der Waals surface area contributed by atoms with Gasteiger partial charge in [-0.1, -0.05) is 6.07 Å². The largest absolute Gasteiger partial charge is 0.226 e. The van der Waals surface area contributed by atoms with Gasteiger partial charge in [0.05, 0.1) is 0 Å². The van der Waals surface area contributed by atoms with Crippen molar-refractivity contribution in [3.8, 4) is 12.1 Å². The molecule has 0 amide bonds. The predicted octanol–water partition coefficient (Wildman–Crippen LogP) is 1.13. The molecule has 0 spiro atoms. The van der Waals surface area contributed by atoms with E-state index in [4.69, 9.17) is 10.5 Å². The summed E-state index contributed by atoms with van der Waals surface area (Å²) in [5, 5.41) is 16.9. The maximum Gasteiger partial charge on any atom is 0.144 e. The van der Waals surface area contributed by atoms with Crippen molar-refractivity contribution in [2.75, 3.05) is 0 Å². The van der Waals surface area contributed by atoms with Gasteiger partial charge in [0, 0.05) is 0 Å². The average Bonchev–Trinajstić information content (AvgIpc) is 2.05. The second-order valence-electron chi connectivity index (χ2n) is 2.09. The minimum Gasteiger partial charge on any atom is -0.226 e. The third kappa shape index (κ3) is 1.33. The highest BCUT2D eigenvalue weighted by molar-refractivity contribution is 5.34. The summed E-state index contributed by atoms with van der Waals surface area (Å²) < 4.78 is 0. The fourth-order valence-electron chi connectivity index (χ4n) is 0.704. The first-order valence-electron chi connectivity index (χ1n) is 3.06. The number of rotatable bonds is 0. The quantitative estimate of drug-likeness (QED) is 0.547. The molecule has 0 atom stereocenters. The molecule has 0 bridgehead atoms. The Balaban J connectivity index is 3.29. The Hall–Kier alpha value is -1.87. The third-order valence-corrected chi connectivity index (χ3v) is 1.32. The van der Waals surface area contributed by atoms with Gasteiger partial charge >= 0.3 is 0 Å². The first-order valence-corrected chi connectivity index (χ1v) is 3.06. The molecule has 0 aliphatic heterocycles. The second kappa shape index (κ2) is 2.81. The van der Waals surface area contributed by atoms with Gasteiger partial charge in [0.25, 0.3) is 0 Å². The lowest BCUT2D eigenvalue weighted by Crippen LogP contribution is -1.90. The van der Waals surface area contributed by atoms with E-state index < -0.39 is 0 Å². The zero-order valence-corrected chi connectivity index (χ0v) is 6.00. The molecule has 0 fully saturated rings. The highest BCUT2D eigenvalue weighted by Gasteiger charge is 1.98. The van der Waals surface area contributed by atoms with Crippen molar-refractivity contribution in [2.45, 2.75) is 6.92 Å². The fourth-order valence-corrected chi connectivity index (χ4v) is 0.704. The van der Waals surface area contributed by atoms with Crippen LogP contribution < -0.4 is 0 Å². The van der Waals surface area contributed by atoms with E-state index in [1.807, 2.05) is 12.1 Å². The normalized spacial score (nSPS) is 8.27. The van der Waals surface area contributed by atoms with Crippen LogP contribution in [0, 0.1) is 29.6 Å². The molecule has 0 radical (unpaired) electrons. The first-order chi connectivity index (χ1) is 5.27. The molecule has 0 aliphatic carbocycles. The van der Waals surface area contributed by atoms with Crippen molar-refractivity contribution >= 4 is 0 Å². The lowest BCUT2D eigenvalue weighted by molar-refractivity contribution is 1.18. The number of aryl methyl sites for hydroxylation is 1. The van der Waals surface area contributed by atoms with Crippen LogP contribution in [-0.2, 0) is 0 Å². The average molecular weight is 143 g/mol. The highest BCUT2D eigenvalue weighted by Crippen LogP contribution is 2.03. The van der Waals surface area contributed by atoms with E-state index in [0.29, 0.717) is 5.69 Å². The first kappa shape index (κ1) is 7.24. The Morgan fingerprint density at radius 1 is 1.27 bits per heavy atom. The summed E-state index contributed by atoms with van der Waals surface area (Å²) in [5.74, 6) is 0. The number of nitriles is 2. The van der Waals surface area contributed by atoms with Crippen molar-refractivity contribution in [1.29, 1.82) is 10.5 Å². The zero-order valence-electron chi connectivity index (χ0n) is 6.00. The molecule has 1 aromatic rings. The minimum atomic E-state index is 0.284. The zero-order chi connectivity index (χ0) is 8.27. The van der Waals surface area contributed by atoms with E-state index >= 15 is 0 Å². The lowest BCUT2D eigenvalue weighted by Gasteiger charge is -1.93. The van der Waals surface area contributed by atoms with Gasteiger partial charge in [-0.25, -0.2) is 4.98 Å². The maximum atomic E-state index is 8.52. The topological polar surface area (TPSA) is 60.5 Å². The number of nitrogens with zero attached hydrogens (tertiary/aromatic N) is 3. The highest BCUT2D eigenvalue weighted by atomic mass is 14.7. The number of pyridine rings is 1. The molecule has 0 aromatic carbocycles. The van der Waals surface area contributed by atoms with Gasteiger partial charge in [-0.15, -0.1) is 0 Å². The summed E-state index contributed by atoms with van der Waals surface area (Å²) >= 11 is 0. The van der Waals surface area contributed by atoms with Gasteiger partial charge in [-0.05, 0) is 18.6 Å². The van der Waals surface area contributed by atoms with Crippen molar-refractivity contribution < 1.29 is 0 Å². The molecule has 3 nitrogen and oxygen atoms in total. The molecular weight excluding hydrogens is 138 g/mol. The molecular formula is C8H5N3. The summed E-state index contributed by atoms with van der Waals surface area (Å²) in [4.78, 5) is 3.79. The monoisotopic (exact) mass is 143 g/mol. The standard InChI is InChI=1S/C8H5N3/c1-6-2-3-7(4-9)11-8(6)5-10/h2-3H,1H3. The van der Waals surface area contributed by atoms with Gasteiger partial charge in [0.1, 0.15) is 23.5 Å². The second-order valence-corrected chi connectivity index (χ2v) is 2.09. The van der Waals surface area contributed by atoms with Crippen LogP contribution in [0.1, 0.15) is 17.0 Å². The molecule has 0 unspecified atom stereocenters. The molecule has 1 aromatic heterocycles. The summed E-state index contributed by atoms with van der Waals surface area (Å²) in [6.07, 6.45) is 0. The molecule has 1 heterocycles. The van der Waals surface area contributed by atoms with Gasteiger partial charge in [-0.2, -0.15) is 10.5 Å².